The topological polar surface area (TPSA) is 59.2 Å². The molecule has 1 aliphatic carbocycles. The highest BCUT2D eigenvalue weighted by molar-refractivity contribution is 5.82. The highest BCUT2D eigenvalue weighted by atomic mass is 16.5. The summed E-state index contributed by atoms with van der Waals surface area (Å²) in [5.74, 6) is 2.11. The molecule has 1 aliphatic heterocycles. The first-order valence-electron chi connectivity index (χ1n) is 9.55. The van der Waals surface area contributed by atoms with E-state index in [2.05, 4.69) is 17.3 Å². The number of benzene rings is 1. The van der Waals surface area contributed by atoms with Gasteiger partial charge in [-0.15, -0.1) is 0 Å². The van der Waals surface area contributed by atoms with Gasteiger partial charge in [0.2, 0.25) is 11.8 Å². The third kappa shape index (κ3) is 2.93. The minimum absolute atomic E-state index is 0.150. The molecule has 2 heterocycles. The van der Waals surface area contributed by atoms with Gasteiger partial charge < -0.3 is 9.42 Å². The van der Waals surface area contributed by atoms with Crippen molar-refractivity contribution in [3.05, 3.63) is 47.6 Å². The molecule has 0 N–H and O–H groups in total. The van der Waals surface area contributed by atoms with Crippen molar-refractivity contribution in [3.63, 3.8) is 0 Å². The summed E-state index contributed by atoms with van der Waals surface area (Å²) in [6.07, 6.45) is 4.00. The van der Waals surface area contributed by atoms with Gasteiger partial charge in [0, 0.05) is 24.9 Å². The van der Waals surface area contributed by atoms with Gasteiger partial charge in [-0.3, -0.25) is 4.79 Å². The van der Waals surface area contributed by atoms with E-state index in [1.165, 1.54) is 12.0 Å². The van der Waals surface area contributed by atoms with Gasteiger partial charge in [-0.25, -0.2) is 0 Å². The van der Waals surface area contributed by atoms with Crippen LogP contribution >= 0.6 is 0 Å². The van der Waals surface area contributed by atoms with Crippen LogP contribution in [-0.2, 0) is 16.6 Å². The SMILES string of the molecule is CC(C)(C)C(=O)N1C[C@H]2CCC[C@@]2(c2nc(Cc3ccccc3)no2)C1. The summed E-state index contributed by atoms with van der Waals surface area (Å²) in [7, 11) is 0. The van der Waals surface area contributed by atoms with Gasteiger partial charge in [-0.1, -0.05) is 62.7 Å². The highest BCUT2D eigenvalue weighted by Gasteiger charge is 2.55. The van der Waals surface area contributed by atoms with Crippen molar-refractivity contribution in [3.8, 4) is 0 Å². The zero-order valence-corrected chi connectivity index (χ0v) is 15.9. The van der Waals surface area contributed by atoms with Gasteiger partial charge in [0.25, 0.3) is 0 Å². The molecule has 1 aromatic carbocycles. The van der Waals surface area contributed by atoms with E-state index in [-0.39, 0.29) is 16.7 Å². The molecule has 1 amide bonds. The number of fused-ring (bicyclic) bond motifs is 1. The van der Waals surface area contributed by atoms with Crippen molar-refractivity contribution in [2.75, 3.05) is 13.1 Å². The van der Waals surface area contributed by atoms with Gasteiger partial charge >= 0.3 is 0 Å². The number of hydrogen-bond acceptors (Lipinski definition) is 4. The first-order chi connectivity index (χ1) is 12.4. The van der Waals surface area contributed by atoms with Gasteiger partial charge in [-0.05, 0) is 24.3 Å². The van der Waals surface area contributed by atoms with Crippen LogP contribution in [0, 0.1) is 11.3 Å². The fourth-order valence-electron chi connectivity index (χ4n) is 4.57. The Hall–Kier alpha value is -2.17. The predicted molar refractivity (Wildman–Crippen MR) is 98.6 cm³/mol. The van der Waals surface area contributed by atoms with E-state index in [4.69, 9.17) is 9.51 Å². The van der Waals surface area contributed by atoms with Gasteiger partial charge in [0.1, 0.15) is 0 Å². The summed E-state index contributed by atoms with van der Waals surface area (Å²) in [6, 6.07) is 10.2. The van der Waals surface area contributed by atoms with E-state index in [0.717, 1.165) is 31.1 Å². The third-order valence-electron chi connectivity index (χ3n) is 5.90. The Labute approximate surface area is 154 Å². The van der Waals surface area contributed by atoms with Crippen LogP contribution < -0.4 is 0 Å². The molecule has 5 nitrogen and oxygen atoms in total. The second-order valence-electron chi connectivity index (χ2n) is 8.86. The fourth-order valence-corrected chi connectivity index (χ4v) is 4.57. The first kappa shape index (κ1) is 17.3. The van der Waals surface area contributed by atoms with Crippen LogP contribution in [0.15, 0.2) is 34.9 Å². The van der Waals surface area contributed by atoms with Gasteiger partial charge in [-0.2, -0.15) is 4.98 Å². The summed E-state index contributed by atoms with van der Waals surface area (Å²) in [5, 5.41) is 4.24. The second kappa shape index (κ2) is 6.22. The van der Waals surface area contributed by atoms with Gasteiger partial charge in [0.15, 0.2) is 5.82 Å². The molecule has 2 fully saturated rings. The lowest BCUT2D eigenvalue weighted by Gasteiger charge is -2.28. The molecule has 0 unspecified atom stereocenters. The number of carbonyl (C=O) groups excluding carboxylic acids is 1. The minimum atomic E-state index is -0.354. The van der Waals surface area contributed by atoms with E-state index in [1.54, 1.807) is 0 Å². The average molecular weight is 353 g/mol. The quantitative estimate of drug-likeness (QED) is 0.846. The number of aromatic nitrogens is 2. The van der Waals surface area contributed by atoms with Crippen molar-refractivity contribution in [1.29, 1.82) is 0 Å². The molecule has 5 heteroatoms. The predicted octanol–water partition coefficient (Wildman–Crippen LogP) is 3.59. The average Bonchev–Trinajstić information content (AvgIpc) is 3.27. The lowest BCUT2D eigenvalue weighted by Crippen LogP contribution is -2.40. The van der Waals surface area contributed by atoms with E-state index in [1.807, 2.05) is 43.9 Å². The van der Waals surface area contributed by atoms with Crippen molar-refractivity contribution in [2.45, 2.75) is 51.9 Å². The largest absolute Gasteiger partial charge is 0.341 e. The standard InChI is InChI=1S/C21H27N3O2/c1-20(2,3)19(25)24-13-16-10-7-11-21(16,14-24)18-22-17(23-26-18)12-15-8-5-4-6-9-15/h4-6,8-9,16H,7,10-14H2,1-3H3/t16-,21-/m1/s1. The molecule has 2 aliphatic rings. The number of amides is 1. The van der Waals surface area contributed by atoms with Crippen LogP contribution in [-0.4, -0.2) is 34.0 Å². The van der Waals surface area contributed by atoms with Crippen molar-refractivity contribution in [1.82, 2.24) is 15.0 Å². The zero-order valence-electron chi connectivity index (χ0n) is 15.9. The Morgan fingerprint density at radius 1 is 1.31 bits per heavy atom. The molecule has 2 atom stereocenters. The van der Waals surface area contributed by atoms with Crippen LogP contribution in [0.5, 0.6) is 0 Å². The first-order valence-corrected chi connectivity index (χ1v) is 9.55. The van der Waals surface area contributed by atoms with E-state index in [0.29, 0.717) is 18.9 Å². The lowest BCUT2D eigenvalue weighted by molar-refractivity contribution is -0.138. The Bertz CT molecular complexity index is 793. The number of nitrogens with zero attached hydrogens (tertiary/aromatic N) is 3. The van der Waals surface area contributed by atoms with Crippen LogP contribution in [0.2, 0.25) is 0 Å². The van der Waals surface area contributed by atoms with Gasteiger partial charge in [0.05, 0.1) is 5.41 Å². The molecular weight excluding hydrogens is 326 g/mol. The normalized spacial score (nSPS) is 25.5. The maximum atomic E-state index is 12.8. The third-order valence-corrected chi connectivity index (χ3v) is 5.90. The Kier molecular flexibility index (Phi) is 4.13. The zero-order chi connectivity index (χ0) is 18.4. The minimum Gasteiger partial charge on any atom is -0.341 e. The van der Waals surface area contributed by atoms with Crippen LogP contribution in [0.3, 0.4) is 0 Å². The lowest BCUT2D eigenvalue weighted by atomic mass is 9.80. The van der Waals surface area contributed by atoms with Crippen LogP contribution in [0.25, 0.3) is 0 Å². The maximum Gasteiger partial charge on any atom is 0.235 e. The molecule has 1 saturated carbocycles. The summed E-state index contributed by atoms with van der Waals surface area (Å²) in [5.41, 5.74) is 0.673. The molecule has 2 aromatic rings. The van der Waals surface area contributed by atoms with Crippen molar-refractivity contribution >= 4 is 5.91 Å². The molecule has 138 valence electrons. The number of likely N-dealkylation sites (tertiary alicyclic amines) is 1. The summed E-state index contributed by atoms with van der Waals surface area (Å²) in [6.45, 7) is 7.48. The smallest absolute Gasteiger partial charge is 0.235 e. The summed E-state index contributed by atoms with van der Waals surface area (Å²) < 4.78 is 5.74. The van der Waals surface area contributed by atoms with Crippen molar-refractivity contribution < 1.29 is 9.32 Å². The Morgan fingerprint density at radius 3 is 2.81 bits per heavy atom. The fraction of sp³-hybridized carbons (Fsp3) is 0.571. The molecule has 26 heavy (non-hydrogen) atoms. The van der Waals surface area contributed by atoms with Crippen molar-refractivity contribution in [2.24, 2.45) is 11.3 Å². The monoisotopic (exact) mass is 353 g/mol. The number of carbonyl (C=O) groups is 1. The molecule has 0 radical (unpaired) electrons. The van der Waals surface area contributed by atoms with E-state index in [9.17, 15) is 4.79 Å². The molecule has 0 spiro atoms. The maximum absolute atomic E-state index is 12.8. The molecule has 0 bridgehead atoms. The molecule has 1 saturated heterocycles. The van der Waals surface area contributed by atoms with E-state index >= 15 is 0 Å². The van der Waals surface area contributed by atoms with E-state index < -0.39 is 0 Å². The Morgan fingerprint density at radius 2 is 2.08 bits per heavy atom. The number of rotatable bonds is 3. The molecule has 1 aromatic heterocycles. The summed E-state index contributed by atoms with van der Waals surface area (Å²) in [4.78, 5) is 19.6. The van der Waals surface area contributed by atoms with Crippen LogP contribution in [0.1, 0.15) is 57.3 Å². The highest BCUT2D eigenvalue weighted by Crippen LogP contribution is 2.50. The number of hydrogen-bond donors (Lipinski definition) is 0. The molecular formula is C21H27N3O2. The Balaban J connectivity index is 1.57. The molecule has 4 rings (SSSR count). The second-order valence-corrected chi connectivity index (χ2v) is 8.86. The summed E-state index contributed by atoms with van der Waals surface area (Å²) >= 11 is 0. The van der Waals surface area contributed by atoms with Crippen LogP contribution in [0.4, 0.5) is 0 Å².